The van der Waals surface area contributed by atoms with Gasteiger partial charge in [-0.3, -0.25) is 0 Å². The molecule has 1 radical (unpaired) electrons. The Morgan fingerprint density at radius 3 is 2.44 bits per heavy atom. The summed E-state index contributed by atoms with van der Waals surface area (Å²) in [7, 11) is -1.54. The van der Waals surface area contributed by atoms with Gasteiger partial charge in [-0.15, -0.1) is 0 Å². The number of ether oxygens (including phenoxy) is 2. The van der Waals surface area contributed by atoms with Crippen molar-refractivity contribution in [3.8, 4) is 11.5 Å². The molecule has 0 aliphatic heterocycles. The molecule has 2 rings (SSSR count). The van der Waals surface area contributed by atoms with Crippen LogP contribution in [0.5, 0.6) is 11.5 Å². The average Bonchev–Trinajstić information content (AvgIpc) is 2.76. The SMILES string of the molecule is CCS(=O)(=O)[As]C(C(=O)NCCc1cc(Br)c(OCc2ccccc2)c(OC)c1)C(C)C. The summed E-state index contributed by atoms with van der Waals surface area (Å²) < 4.78 is 35.8. The fourth-order valence-electron chi connectivity index (χ4n) is 2.94. The molecule has 2 aromatic carbocycles. The summed E-state index contributed by atoms with van der Waals surface area (Å²) in [5.41, 5.74) is 2.03. The molecule has 175 valence electrons. The monoisotopic (exact) mass is 586 g/mol. The second-order valence-electron chi connectivity index (χ2n) is 7.59. The Morgan fingerprint density at radius 2 is 1.84 bits per heavy atom. The van der Waals surface area contributed by atoms with Crippen molar-refractivity contribution in [2.24, 2.45) is 5.92 Å². The van der Waals surface area contributed by atoms with Crippen molar-refractivity contribution in [3.63, 3.8) is 0 Å². The van der Waals surface area contributed by atoms with Crippen molar-refractivity contribution in [3.05, 3.63) is 58.1 Å². The summed E-state index contributed by atoms with van der Waals surface area (Å²) in [5.74, 6) is 1.10. The van der Waals surface area contributed by atoms with Crippen molar-refractivity contribution >= 4 is 44.5 Å². The van der Waals surface area contributed by atoms with Crippen LogP contribution in [0.1, 0.15) is 31.9 Å². The zero-order valence-corrected chi connectivity index (χ0v) is 23.1. The van der Waals surface area contributed by atoms with E-state index in [1.54, 1.807) is 14.0 Å². The van der Waals surface area contributed by atoms with E-state index in [9.17, 15) is 13.2 Å². The number of rotatable bonds is 12. The number of hydrogen-bond donors (Lipinski definition) is 1. The molecule has 9 heteroatoms. The fraction of sp³-hybridized carbons (Fsp3) is 0.435. The summed E-state index contributed by atoms with van der Waals surface area (Å²) in [5, 5.41) is 2.91. The minimum atomic E-state index is -3.13. The van der Waals surface area contributed by atoms with Crippen LogP contribution < -0.4 is 14.8 Å². The van der Waals surface area contributed by atoms with Crippen LogP contribution in [-0.4, -0.2) is 48.3 Å². The predicted molar refractivity (Wildman–Crippen MR) is 132 cm³/mol. The summed E-state index contributed by atoms with van der Waals surface area (Å²) in [6.45, 7) is 6.24. The molecule has 0 heterocycles. The van der Waals surface area contributed by atoms with Crippen molar-refractivity contribution in [2.75, 3.05) is 19.4 Å². The molecular formula is C23H30AsBrNO5S. The van der Waals surface area contributed by atoms with Crippen LogP contribution in [0.25, 0.3) is 0 Å². The number of carbonyl (C=O) groups excluding carboxylic acids is 1. The third-order valence-electron chi connectivity index (χ3n) is 4.77. The van der Waals surface area contributed by atoms with Crippen molar-refractivity contribution in [2.45, 2.75) is 38.5 Å². The van der Waals surface area contributed by atoms with E-state index >= 15 is 0 Å². The fourth-order valence-corrected chi connectivity index (χ4v) is 9.82. The van der Waals surface area contributed by atoms with Crippen LogP contribution in [0.3, 0.4) is 0 Å². The topological polar surface area (TPSA) is 81.7 Å². The van der Waals surface area contributed by atoms with E-state index in [2.05, 4.69) is 21.2 Å². The molecule has 0 saturated heterocycles. The quantitative estimate of drug-likeness (QED) is 0.377. The number of benzene rings is 2. The van der Waals surface area contributed by atoms with Gasteiger partial charge in [-0.25, -0.2) is 0 Å². The number of methoxy groups -OCH3 is 1. The van der Waals surface area contributed by atoms with Gasteiger partial charge in [0.25, 0.3) is 0 Å². The van der Waals surface area contributed by atoms with E-state index in [1.165, 1.54) is 0 Å². The Hall–Kier alpha value is -1.50. The first-order valence-corrected chi connectivity index (χ1v) is 16.2. The Labute approximate surface area is 205 Å². The molecule has 0 bridgehead atoms. The molecule has 0 saturated carbocycles. The first-order valence-electron chi connectivity index (χ1n) is 10.4. The number of hydrogen-bond acceptors (Lipinski definition) is 5. The number of nitrogens with one attached hydrogen (secondary N) is 1. The third-order valence-corrected chi connectivity index (χ3v) is 13.5. The molecule has 0 aromatic heterocycles. The Morgan fingerprint density at radius 1 is 1.16 bits per heavy atom. The van der Waals surface area contributed by atoms with Gasteiger partial charge >= 0.3 is 176 Å². The predicted octanol–water partition coefficient (Wildman–Crippen LogP) is 4.19. The third kappa shape index (κ3) is 8.13. The summed E-state index contributed by atoms with van der Waals surface area (Å²) in [6.07, 6.45) is 0.585. The first kappa shape index (κ1) is 26.7. The van der Waals surface area contributed by atoms with Gasteiger partial charge in [0.1, 0.15) is 0 Å². The van der Waals surface area contributed by atoms with E-state index in [4.69, 9.17) is 9.47 Å². The molecular weight excluding hydrogens is 557 g/mol. The summed E-state index contributed by atoms with van der Waals surface area (Å²) >= 11 is 2.46. The van der Waals surface area contributed by atoms with E-state index in [0.717, 1.165) is 15.6 Å². The maximum absolute atomic E-state index is 12.6. The van der Waals surface area contributed by atoms with Gasteiger partial charge in [-0.05, 0) is 0 Å². The van der Waals surface area contributed by atoms with E-state index in [0.29, 0.717) is 31.1 Å². The number of amides is 1. The van der Waals surface area contributed by atoms with Gasteiger partial charge in [0.2, 0.25) is 0 Å². The average molecular weight is 587 g/mol. The van der Waals surface area contributed by atoms with Crippen molar-refractivity contribution in [1.82, 2.24) is 5.32 Å². The molecule has 1 atom stereocenters. The normalized spacial score (nSPS) is 12.8. The Balaban J connectivity index is 2.00. The van der Waals surface area contributed by atoms with E-state index in [-0.39, 0.29) is 17.6 Å². The van der Waals surface area contributed by atoms with E-state index in [1.807, 2.05) is 56.3 Å². The van der Waals surface area contributed by atoms with Gasteiger partial charge in [-0.1, -0.05) is 30.3 Å². The summed E-state index contributed by atoms with van der Waals surface area (Å²) in [4.78, 5) is 12.6. The molecule has 0 aliphatic rings. The second-order valence-corrected chi connectivity index (χ2v) is 16.4. The van der Waals surface area contributed by atoms with Gasteiger partial charge in [-0.2, -0.15) is 0 Å². The van der Waals surface area contributed by atoms with Crippen LogP contribution in [0.4, 0.5) is 0 Å². The van der Waals surface area contributed by atoms with Gasteiger partial charge in [0.15, 0.2) is 0 Å². The molecule has 6 nitrogen and oxygen atoms in total. The Bertz CT molecular complexity index is 999. The molecule has 1 unspecified atom stereocenters. The maximum atomic E-state index is 12.6. The van der Waals surface area contributed by atoms with Crippen LogP contribution >= 0.6 is 15.9 Å². The number of carbonyl (C=O) groups is 1. The van der Waals surface area contributed by atoms with Gasteiger partial charge < -0.3 is 0 Å². The molecule has 2 aromatic rings. The zero-order chi connectivity index (χ0) is 23.7. The van der Waals surface area contributed by atoms with Crippen molar-refractivity contribution in [1.29, 1.82) is 0 Å². The number of halogens is 1. The zero-order valence-electron chi connectivity index (χ0n) is 18.8. The summed E-state index contributed by atoms with van der Waals surface area (Å²) in [6, 6.07) is 13.7. The van der Waals surface area contributed by atoms with E-state index < -0.39 is 27.4 Å². The van der Waals surface area contributed by atoms with Crippen LogP contribution in [0, 0.1) is 5.92 Å². The molecule has 0 aliphatic carbocycles. The Kier molecular flexibility index (Phi) is 10.6. The molecule has 32 heavy (non-hydrogen) atoms. The van der Waals surface area contributed by atoms with Crippen LogP contribution in [0.15, 0.2) is 46.9 Å². The van der Waals surface area contributed by atoms with Crippen molar-refractivity contribution < 1.29 is 22.7 Å². The molecule has 1 amide bonds. The molecule has 1 N–H and O–H groups in total. The first-order chi connectivity index (χ1) is 15.2. The van der Waals surface area contributed by atoms with Crippen LogP contribution in [-0.2, 0) is 25.9 Å². The van der Waals surface area contributed by atoms with Crippen LogP contribution in [0.2, 0.25) is 4.71 Å². The molecule has 0 fully saturated rings. The van der Waals surface area contributed by atoms with Gasteiger partial charge in [0, 0.05) is 0 Å². The second kappa shape index (κ2) is 12.7. The minimum absolute atomic E-state index is 0.0217. The molecule has 0 spiro atoms. The standard InChI is InChI=1S/C23H30AsBrNO5S/c1-5-32(28,29)24-21(16(2)3)23(27)26-12-11-18-13-19(25)22(20(14-18)30-4)31-15-17-9-7-6-8-10-17/h6-10,13-14,16,21H,5,11-12,15H2,1-4H3,(H,26,27). The van der Waals surface area contributed by atoms with Gasteiger partial charge in [0.05, 0.1) is 0 Å².